The van der Waals surface area contributed by atoms with E-state index in [0.29, 0.717) is 19.3 Å². The molecule has 1 fully saturated rings. The second kappa shape index (κ2) is 6.52. The van der Waals surface area contributed by atoms with E-state index in [1.807, 2.05) is 13.0 Å². The van der Waals surface area contributed by atoms with E-state index in [0.717, 1.165) is 24.1 Å². The Morgan fingerprint density at radius 1 is 1.37 bits per heavy atom. The van der Waals surface area contributed by atoms with Crippen molar-refractivity contribution in [3.8, 4) is 0 Å². The molecule has 1 aliphatic rings. The van der Waals surface area contributed by atoms with Gasteiger partial charge in [0.15, 0.2) is 0 Å². The molecule has 1 aromatic carbocycles. The predicted molar refractivity (Wildman–Crippen MR) is 74.5 cm³/mol. The van der Waals surface area contributed by atoms with Crippen molar-refractivity contribution in [3.05, 3.63) is 33.9 Å². The lowest BCUT2D eigenvalue weighted by molar-refractivity contribution is -0.384. The van der Waals surface area contributed by atoms with Gasteiger partial charge in [-0.15, -0.1) is 0 Å². The Labute approximate surface area is 113 Å². The zero-order chi connectivity index (χ0) is 13.7. The fourth-order valence-electron chi connectivity index (χ4n) is 2.45. The smallest absolute Gasteiger partial charge is 0.271 e. The van der Waals surface area contributed by atoms with Crippen molar-refractivity contribution in [1.82, 2.24) is 0 Å². The Bertz CT molecular complexity index is 442. The van der Waals surface area contributed by atoms with E-state index in [2.05, 4.69) is 5.32 Å². The maximum absolute atomic E-state index is 10.8. The van der Waals surface area contributed by atoms with E-state index in [1.54, 1.807) is 12.1 Å². The number of hydrogen-bond acceptors (Lipinski definition) is 4. The van der Waals surface area contributed by atoms with Crippen LogP contribution in [0.4, 0.5) is 11.4 Å². The number of nitro groups is 1. The van der Waals surface area contributed by atoms with Crippen LogP contribution in [0, 0.1) is 17.0 Å². The normalized spacial score (nSPS) is 15.6. The molecule has 5 nitrogen and oxygen atoms in total. The van der Waals surface area contributed by atoms with Crippen LogP contribution in [0.15, 0.2) is 18.2 Å². The first-order valence-corrected chi connectivity index (χ1v) is 6.77. The zero-order valence-electron chi connectivity index (χ0n) is 11.2. The maximum Gasteiger partial charge on any atom is 0.271 e. The van der Waals surface area contributed by atoms with E-state index in [1.165, 1.54) is 12.8 Å². The average Bonchev–Trinajstić information content (AvgIpc) is 2.87. The summed E-state index contributed by atoms with van der Waals surface area (Å²) in [6.45, 7) is 3.18. The van der Waals surface area contributed by atoms with Crippen LogP contribution in [-0.2, 0) is 4.74 Å². The fourth-order valence-corrected chi connectivity index (χ4v) is 2.45. The summed E-state index contributed by atoms with van der Waals surface area (Å²) in [5.74, 6) is 0. The second-order valence-corrected chi connectivity index (χ2v) is 5.02. The Kier molecular flexibility index (Phi) is 4.74. The summed E-state index contributed by atoms with van der Waals surface area (Å²) < 4.78 is 5.74. The number of benzene rings is 1. The highest BCUT2D eigenvalue weighted by molar-refractivity contribution is 5.53. The summed E-state index contributed by atoms with van der Waals surface area (Å²) in [5, 5.41) is 13.9. The summed E-state index contributed by atoms with van der Waals surface area (Å²) in [6.07, 6.45) is 5.27. The van der Waals surface area contributed by atoms with Crippen molar-refractivity contribution in [2.75, 3.05) is 18.5 Å². The summed E-state index contributed by atoms with van der Waals surface area (Å²) in [6, 6.07) is 5.03. The number of aryl methyl sites for hydroxylation is 1. The SMILES string of the molecule is Cc1cc(NCCOC2CCCC2)cc([N+](=O)[O-])c1. The Morgan fingerprint density at radius 2 is 2.11 bits per heavy atom. The summed E-state index contributed by atoms with van der Waals surface area (Å²) in [4.78, 5) is 10.4. The van der Waals surface area contributed by atoms with Gasteiger partial charge in [0, 0.05) is 24.4 Å². The zero-order valence-corrected chi connectivity index (χ0v) is 11.2. The molecule has 0 saturated heterocycles. The van der Waals surface area contributed by atoms with Gasteiger partial charge in [0.05, 0.1) is 17.6 Å². The molecule has 0 atom stereocenters. The maximum atomic E-state index is 10.8. The molecular formula is C14H20N2O3. The predicted octanol–water partition coefficient (Wildman–Crippen LogP) is 3.27. The van der Waals surface area contributed by atoms with Crippen molar-refractivity contribution in [3.63, 3.8) is 0 Å². The highest BCUT2D eigenvalue weighted by Gasteiger charge is 2.14. The van der Waals surface area contributed by atoms with Crippen LogP contribution in [0.2, 0.25) is 0 Å². The van der Waals surface area contributed by atoms with Crippen LogP contribution >= 0.6 is 0 Å². The minimum atomic E-state index is -0.368. The third-order valence-electron chi connectivity index (χ3n) is 3.36. The summed E-state index contributed by atoms with van der Waals surface area (Å²) in [7, 11) is 0. The minimum absolute atomic E-state index is 0.124. The van der Waals surface area contributed by atoms with Crippen LogP contribution in [0.25, 0.3) is 0 Å². The van der Waals surface area contributed by atoms with Crippen molar-refractivity contribution < 1.29 is 9.66 Å². The molecule has 0 aromatic heterocycles. The highest BCUT2D eigenvalue weighted by Crippen LogP contribution is 2.22. The molecule has 0 bridgehead atoms. The van der Waals surface area contributed by atoms with Gasteiger partial charge < -0.3 is 10.1 Å². The van der Waals surface area contributed by atoms with Gasteiger partial charge in [-0.25, -0.2) is 0 Å². The molecule has 0 amide bonds. The quantitative estimate of drug-likeness (QED) is 0.486. The average molecular weight is 264 g/mol. The molecule has 0 aliphatic heterocycles. The Hall–Kier alpha value is -1.62. The minimum Gasteiger partial charge on any atom is -0.383 e. The van der Waals surface area contributed by atoms with Crippen LogP contribution in [0.1, 0.15) is 31.2 Å². The van der Waals surface area contributed by atoms with Crippen LogP contribution in [-0.4, -0.2) is 24.2 Å². The monoisotopic (exact) mass is 264 g/mol. The number of non-ortho nitro benzene ring substituents is 1. The molecule has 1 aliphatic carbocycles. The summed E-state index contributed by atoms with van der Waals surface area (Å²) in [5.41, 5.74) is 1.79. The van der Waals surface area contributed by atoms with E-state index < -0.39 is 0 Å². The molecule has 2 rings (SSSR count). The van der Waals surface area contributed by atoms with Gasteiger partial charge in [0.1, 0.15) is 0 Å². The Balaban J connectivity index is 1.80. The third-order valence-corrected chi connectivity index (χ3v) is 3.36. The molecule has 0 unspecified atom stereocenters. The number of anilines is 1. The van der Waals surface area contributed by atoms with Crippen molar-refractivity contribution >= 4 is 11.4 Å². The van der Waals surface area contributed by atoms with Crippen LogP contribution < -0.4 is 5.32 Å². The molecule has 19 heavy (non-hydrogen) atoms. The standard InChI is InChI=1S/C14H20N2O3/c1-11-8-12(10-13(9-11)16(17)18)15-6-7-19-14-4-2-3-5-14/h8-10,14-15H,2-7H2,1H3. The summed E-state index contributed by atoms with van der Waals surface area (Å²) >= 11 is 0. The van der Waals surface area contributed by atoms with Crippen molar-refractivity contribution in [1.29, 1.82) is 0 Å². The molecular weight excluding hydrogens is 244 g/mol. The van der Waals surface area contributed by atoms with E-state index in [9.17, 15) is 10.1 Å². The molecule has 1 saturated carbocycles. The lowest BCUT2D eigenvalue weighted by Crippen LogP contribution is -2.15. The van der Waals surface area contributed by atoms with E-state index in [-0.39, 0.29) is 10.6 Å². The van der Waals surface area contributed by atoms with E-state index >= 15 is 0 Å². The first-order valence-electron chi connectivity index (χ1n) is 6.77. The largest absolute Gasteiger partial charge is 0.383 e. The lowest BCUT2D eigenvalue weighted by Gasteiger charge is -2.12. The first-order chi connectivity index (χ1) is 9.15. The van der Waals surface area contributed by atoms with E-state index in [4.69, 9.17) is 4.74 Å². The van der Waals surface area contributed by atoms with Crippen molar-refractivity contribution in [2.24, 2.45) is 0 Å². The van der Waals surface area contributed by atoms with Gasteiger partial charge in [-0.05, 0) is 31.4 Å². The number of nitrogens with one attached hydrogen (secondary N) is 1. The van der Waals surface area contributed by atoms with Gasteiger partial charge in [-0.2, -0.15) is 0 Å². The number of nitro benzene ring substituents is 1. The second-order valence-electron chi connectivity index (χ2n) is 5.02. The molecule has 104 valence electrons. The van der Waals surface area contributed by atoms with Gasteiger partial charge in [-0.3, -0.25) is 10.1 Å². The molecule has 0 heterocycles. The number of ether oxygens (including phenoxy) is 1. The molecule has 0 spiro atoms. The molecule has 5 heteroatoms. The number of hydrogen-bond donors (Lipinski definition) is 1. The van der Waals surface area contributed by atoms with Gasteiger partial charge in [-0.1, -0.05) is 12.8 Å². The highest BCUT2D eigenvalue weighted by atomic mass is 16.6. The topological polar surface area (TPSA) is 64.4 Å². The molecule has 1 aromatic rings. The van der Waals surface area contributed by atoms with Crippen molar-refractivity contribution in [2.45, 2.75) is 38.7 Å². The van der Waals surface area contributed by atoms with Crippen LogP contribution in [0.3, 0.4) is 0 Å². The van der Waals surface area contributed by atoms with Crippen LogP contribution in [0.5, 0.6) is 0 Å². The number of nitrogens with zero attached hydrogens (tertiary/aromatic N) is 1. The third kappa shape index (κ3) is 4.21. The molecule has 0 radical (unpaired) electrons. The first kappa shape index (κ1) is 13.8. The van der Waals surface area contributed by atoms with Gasteiger partial charge >= 0.3 is 0 Å². The fraction of sp³-hybridized carbons (Fsp3) is 0.571. The molecule has 1 N–H and O–H groups in total. The van der Waals surface area contributed by atoms with Gasteiger partial charge in [0.25, 0.3) is 5.69 Å². The van der Waals surface area contributed by atoms with Gasteiger partial charge in [0.2, 0.25) is 0 Å². The number of rotatable bonds is 6. The Morgan fingerprint density at radius 3 is 2.79 bits per heavy atom. The lowest BCUT2D eigenvalue weighted by atomic mass is 10.2.